The van der Waals surface area contributed by atoms with Gasteiger partial charge in [0.05, 0.1) is 0 Å². The van der Waals surface area contributed by atoms with Crippen molar-refractivity contribution in [3.05, 3.63) is 46.7 Å². The molecule has 5 heteroatoms. The zero-order valence-corrected chi connectivity index (χ0v) is 22.9. The molecule has 1 atom stereocenters. The summed E-state index contributed by atoms with van der Waals surface area (Å²) in [6, 6.07) is 6.85. The monoisotopic (exact) mass is 486 g/mol. The molecule has 0 saturated heterocycles. The van der Waals surface area contributed by atoms with Gasteiger partial charge in [0.25, 0.3) is 0 Å². The minimum atomic E-state index is -0.672. The van der Waals surface area contributed by atoms with Crippen molar-refractivity contribution in [1.82, 2.24) is 5.32 Å². The van der Waals surface area contributed by atoms with Gasteiger partial charge in [-0.15, -0.1) is 0 Å². The van der Waals surface area contributed by atoms with Gasteiger partial charge in [0.15, 0.2) is 0 Å². The quantitative estimate of drug-likeness (QED) is 0.177. The lowest BCUT2D eigenvalue weighted by Gasteiger charge is -2.34. The van der Waals surface area contributed by atoms with Crippen molar-refractivity contribution in [2.75, 3.05) is 36.0 Å². The van der Waals surface area contributed by atoms with E-state index in [1.54, 1.807) is 0 Å². The minimum absolute atomic E-state index is 0.116. The normalized spacial score (nSPS) is 17.4. The van der Waals surface area contributed by atoms with E-state index in [9.17, 15) is 9.35 Å². The number of aryl methyl sites for hydroxylation is 1. The first-order chi connectivity index (χ1) is 16.3. The van der Waals surface area contributed by atoms with E-state index < -0.39 is 11.2 Å². The van der Waals surface area contributed by atoms with E-state index in [0.29, 0.717) is 6.42 Å². The maximum absolute atomic E-state index is 11.6. The first-order valence-corrected chi connectivity index (χ1v) is 14.6. The predicted octanol–water partition coefficient (Wildman–Crippen LogP) is 6.42. The third-order valence-corrected chi connectivity index (χ3v) is 8.26. The summed E-state index contributed by atoms with van der Waals surface area (Å²) in [4.78, 5) is 12.9. The largest absolute Gasteiger partial charge is 0.616 e. The number of hydrogen-bond donors (Lipinski definition) is 1. The van der Waals surface area contributed by atoms with Crippen LogP contribution in [0.25, 0.3) is 6.08 Å². The molecule has 2 rings (SSSR count). The summed E-state index contributed by atoms with van der Waals surface area (Å²) < 4.78 is 11.6. The number of allylic oxidation sites excluding steroid dienone is 3. The van der Waals surface area contributed by atoms with Gasteiger partial charge in [-0.2, -0.15) is 0 Å². The number of carbonyl (C=O) groups excluding carboxylic acids is 1. The zero-order valence-electron chi connectivity index (χ0n) is 22.1. The maximum atomic E-state index is 11.6. The Bertz CT molecular complexity index is 831. The Labute approximate surface area is 211 Å². The van der Waals surface area contributed by atoms with Crippen LogP contribution in [0, 0.1) is 12.3 Å². The number of carbonyl (C=O) groups is 1. The van der Waals surface area contributed by atoms with Gasteiger partial charge in [-0.3, -0.25) is 0 Å². The van der Waals surface area contributed by atoms with E-state index in [2.05, 4.69) is 68.3 Å². The Kier molecular flexibility index (Phi) is 12.3. The van der Waals surface area contributed by atoms with Gasteiger partial charge in [-0.25, -0.2) is 0 Å². The van der Waals surface area contributed by atoms with Crippen molar-refractivity contribution in [2.24, 2.45) is 5.41 Å². The number of anilines is 1. The highest BCUT2D eigenvalue weighted by molar-refractivity contribution is 7.91. The highest BCUT2D eigenvalue weighted by Gasteiger charge is 2.27. The number of nitrogens with zero attached hydrogens (tertiary/aromatic N) is 1. The molecule has 0 radical (unpaired) electrons. The molecular formula is C29H46N2O2S. The molecule has 1 aromatic carbocycles. The molecule has 1 aliphatic rings. The van der Waals surface area contributed by atoms with Crippen molar-refractivity contribution in [3.8, 4) is 0 Å². The third-order valence-electron chi connectivity index (χ3n) is 6.87. The van der Waals surface area contributed by atoms with Gasteiger partial charge < -0.3 is 19.6 Å². The average molecular weight is 487 g/mol. The fraction of sp³-hybridized carbons (Fsp3) is 0.621. The second kappa shape index (κ2) is 14.6. The Morgan fingerprint density at radius 2 is 1.97 bits per heavy atom. The summed E-state index contributed by atoms with van der Waals surface area (Å²) in [6.07, 6.45) is 12.6. The number of benzene rings is 1. The maximum Gasteiger partial charge on any atom is 0.119 e. The van der Waals surface area contributed by atoms with Crippen LogP contribution in [-0.2, 0) is 16.0 Å². The molecule has 1 aromatic rings. The summed E-state index contributed by atoms with van der Waals surface area (Å²) in [5, 5.41) is 3.58. The van der Waals surface area contributed by atoms with Gasteiger partial charge in [-0.05, 0) is 75.1 Å². The number of hydrogen-bond acceptors (Lipinski definition) is 4. The molecule has 1 aliphatic carbocycles. The van der Waals surface area contributed by atoms with Crippen LogP contribution in [0.3, 0.4) is 0 Å². The summed E-state index contributed by atoms with van der Waals surface area (Å²) in [7, 11) is 0. The highest BCUT2D eigenvalue weighted by Crippen LogP contribution is 2.40. The average Bonchev–Trinajstić information content (AvgIpc) is 2.81. The summed E-state index contributed by atoms with van der Waals surface area (Å²) >= 11 is -0.672. The summed E-state index contributed by atoms with van der Waals surface area (Å²) in [5.41, 5.74) is 6.83. The summed E-state index contributed by atoms with van der Waals surface area (Å²) in [6.45, 7) is 14.0. The van der Waals surface area contributed by atoms with Crippen molar-refractivity contribution < 1.29 is 9.35 Å². The molecule has 0 saturated carbocycles. The first kappa shape index (κ1) is 28.5. The van der Waals surface area contributed by atoms with E-state index >= 15 is 0 Å². The van der Waals surface area contributed by atoms with Crippen molar-refractivity contribution in [3.63, 3.8) is 0 Å². The van der Waals surface area contributed by atoms with Gasteiger partial charge >= 0.3 is 0 Å². The number of rotatable bonds is 15. The number of unbranched alkanes of at least 4 members (excludes halogenated alkanes) is 3. The molecule has 0 amide bonds. The lowest BCUT2D eigenvalue weighted by atomic mass is 9.74. The Balaban J connectivity index is 2.00. The van der Waals surface area contributed by atoms with Crippen LogP contribution in [0.2, 0.25) is 0 Å². The predicted molar refractivity (Wildman–Crippen MR) is 149 cm³/mol. The molecule has 34 heavy (non-hydrogen) atoms. The van der Waals surface area contributed by atoms with Crippen LogP contribution in [-0.4, -0.2) is 42.0 Å². The molecule has 0 heterocycles. The fourth-order valence-corrected chi connectivity index (χ4v) is 5.32. The van der Waals surface area contributed by atoms with Crippen LogP contribution in [0.15, 0.2) is 35.5 Å². The molecule has 190 valence electrons. The molecular weight excluding hydrogens is 440 g/mol. The Morgan fingerprint density at radius 1 is 1.18 bits per heavy atom. The van der Waals surface area contributed by atoms with E-state index in [1.165, 1.54) is 28.1 Å². The SMILES string of the molecule is CCN(CCCCCC=O)c1ccc(/C=C2\CC=C(NCCC[S+]([O-])CC)CC2(C)C)c(C)c1. The van der Waals surface area contributed by atoms with Gasteiger partial charge in [0.1, 0.15) is 17.8 Å². The van der Waals surface area contributed by atoms with E-state index in [0.717, 1.165) is 76.0 Å². The Hall–Kier alpha value is -1.72. The van der Waals surface area contributed by atoms with Crippen LogP contribution in [0.4, 0.5) is 5.69 Å². The van der Waals surface area contributed by atoms with E-state index in [4.69, 9.17) is 0 Å². The van der Waals surface area contributed by atoms with Gasteiger partial charge in [0, 0.05) is 43.9 Å². The molecule has 0 aliphatic heterocycles. The van der Waals surface area contributed by atoms with E-state index in [-0.39, 0.29) is 5.41 Å². The molecule has 4 nitrogen and oxygen atoms in total. The Morgan fingerprint density at radius 3 is 2.62 bits per heavy atom. The standard InChI is InChI=1S/C29H46N2O2S/c1-6-31(18-10-8-9-11-19-32)28-16-13-25(24(3)21-28)22-26-14-15-27(23-29(26,4)5)30-17-12-20-34(33)7-2/h13,15-16,19,21-22,30H,6-12,14,17-18,20,23H2,1-5H3/b26-22+. The lowest BCUT2D eigenvalue weighted by Crippen LogP contribution is -2.27. The van der Waals surface area contributed by atoms with Gasteiger partial charge in [-0.1, -0.05) is 55.2 Å². The number of nitrogens with one attached hydrogen (secondary N) is 1. The van der Waals surface area contributed by atoms with Crippen molar-refractivity contribution in [2.45, 2.75) is 79.6 Å². The lowest BCUT2D eigenvalue weighted by molar-refractivity contribution is -0.107. The highest BCUT2D eigenvalue weighted by atomic mass is 32.2. The molecule has 0 aromatic heterocycles. The minimum Gasteiger partial charge on any atom is -0.616 e. The second-order valence-electron chi connectivity index (χ2n) is 10.0. The van der Waals surface area contributed by atoms with Crippen LogP contribution in [0.1, 0.15) is 83.8 Å². The second-order valence-corrected chi connectivity index (χ2v) is 11.9. The summed E-state index contributed by atoms with van der Waals surface area (Å²) in [5.74, 6) is 1.54. The smallest absolute Gasteiger partial charge is 0.119 e. The molecule has 0 fully saturated rings. The zero-order chi connectivity index (χ0) is 25.0. The van der Waals surface area contributed by atoms with Crippen molar-refractivity contribution >= 4 is 29.2 Å². The molecule has 0 spiro atoms. The fourth-order valence-electron chi connectivity index (χ4n) is 4.57. The molecule has 0 bridgehead atoms. The molecule has 1 N–H and O–H groups in total. The van der Waals surface area contributed by atoms with E-state index in [1.807, 2.05) is 6.92 Å². The van der Waals surface area contributed by atoms with Gasteiger partial charge in [0.2, 0.25) is 0 Å². The van der Waals surface area contributed by atoms with Crippen LogP contribution < -0.4 is 10.2 Å². The van der Waals surface area contributed by atoms with Crippen LogP contribution >= 0.6 is 0 Å². The third kappa shape index (κ3) is 9.14. The topological polar surface area (TPSA) is 55.4 Å². The van der Waals surface area contributed by atoms with Crippen LogP contribution in [0.5, 0.6) is 0 Å². The van der Waals surface area contributed by atoms with Crippen molar-refractivity contribution in [1.29, 1.82) is 0 Å². The number of aldehydes is 1. The molecule has 1 unspecified atom stereocenters. The first-order valence-electron chi connectivity index (χ1n) is 13.1.